The predicted molar refractivity (Wildman–Crippen MR) is 77.3 cm³/mol. The van der Waals surface area contributed by atoms with Crippen molar-refractivity contribution in [2.45, 2.75) is 32.7 Å². The summed E-state index contributed by atoms with van der Waals surface area (Å²) in [7, 11) is -0.904. The summed E-state index contributed by atoms with van der Waals surface area (Å²) in [6, 6.07) is 3.06. The Kier molecular flexibility index (Phi) is 5.47. The average Bonchev–Trinajstić information content (AvgIpc) is 2.26. The van der Waals surface area contributed by atoms with Crippen molar-refractivity contribution < 1.29 is 14.1 Å². The Morgan fingerprint density at radius 1 is 1.42 bits per heavy atom. The van der Waals surface area contributed by atoms with Gasteiger partial charge in [0.15, 0.2) is 0 Å². The van der Waals surface area contributed by atoms with Gasteiger partial charge in [0.25, 0.3) is 0 Å². The fourth-order valence-electron chi connectivity index (χ4n) is 1.69. The number of hydrogen-bond donors (Lipinski definition) is 2. The van der Waals surface area contributed by atoms with E-state index in [1.807, 2.05) is 20.8 Å². The lowest BCUT2D eigenvalue weighted by atomic mass is 10.1. The smallest absolute Gasteiger partial charge is 0.335 e. The number of aromatic carboxylic acids is 1. The number of carboxylic acid groups (broad SMARTS) is 1. The van der Waals surface area contributed by atoms with Crippen LogP contribution in [0, 0.1) is 0 Å². The number of hydrogen-bond acceptors (Lipinski definition) is 4. The minimum absolute atomic E-state index is 0.0256. The van der Waals surface area contributed by atoms with Crippen LogP contribution in [0.2, 0.25) is 0 Å². The number of rotatable bonds is 6. The minimum atomic E-state index is -0.973. The number of carbonyl (C=O) groups is 1. The molecule has 106 valence electrons. The second-order valence-electron chi connectivity index (χ2n) is 4.91. The molecule has 19 heavy (non-hydrogen) atoms. The lowest BCUT2D eigenvalue weighted by Crippen LogP contribution is -2.23. The van der Waals surface area contributed by atoms with E-state index >= 15 is 0 Å². The van der Waals surface area contributed by atoms with Crippen molar-refractivity contribution in [3.63, 3.8) is 0 Å². The van der Waals surface area contributed by atoms with Crippen molar-refractivity contribution in [1.82, 2.24) is 4.98 Å². The second kappa shape index (κ2) is 6.65. The Labute approximate surface area is 115 Å². The van der Waals surface area contributed by atoms with E-state index in [2.05, 4.69) is 10.3 Å². The summed E-state index contributed by atoms with van der Waals surface area (Å²) < 4.78 is 11.2. The molecule has 0 fully saturated rings. The molecule has 5 nitrogen and oxygen atoms in total. The standard InChI is InChI=1S/C13H20N2O3S/c1-8(2)11-5-10(13(16)17)6-12(15-11)14-9(3)7-19(4)18/h5-6,8-9H,7H2,1-4H3,(H,14,15)(H,16,17). The molecule has 1 aromatic heterocycles. The highest BCUT2D eigenvalue weighted by Crippen LogP contribution is 2.18. The Bertz CT molecular complexity index is 489. The quantitative estimate of drug-likeness (QED) is 0.836. The fraction of sp³-hybridized carbons (Fsp3) is 0.538. The van der Waals surface area contributed by atoms with Gasteiger partial charge in [-0.1, -0.05) is 13.8 Å². The fourth-order valence-corrected chi connectivity index (χ4v) is 2.48. The maximum atomic E-state index is 11.2. The Balaban J connectivity index is 2.99. The van der Waals surface area contributed by atoms with Crippen LogP contribution in [0.25, 0.3) is 0 Å². The third kappa shape index (κ3) is 4.98. The van der Waals surface area contributed by atoms with Crippen molar-refractivity contribution in [3.05, 3.63) is 23.4 Å². The SMILES string of the molecule is CC(CS(C)=O)Nc1cc(C(=O)O)cc(C(C)C)n1. The zero-order chi connectivity index (χ0) is 14.6. The predicted octanol–water partition coefficient (Wildman–Crippen LogP) is 2.08. The molecule has 0 spiro atoms. The largest absolute Gasteiger partial charge is 0.478 e. The van der Waals surface area contributed by atoms with Crippen LogP contribution in [-0.4, -0.2) is 38.3 Å². The molecule has 1 heterocycles. The maximum Gasteiger partial charge on any atom is 0.335 e. The Morgan fingerprint density at radius 2 is 2.05 bits per heavy atom. The molecular weight excluding hydrogens is 264 g/mol. The van der Waals surface area contributed by atoms with Crippen molar-refractivity contribution in [3.8, 4) is 0 Å². The first kappa shape index (κ1) is 15.6. The molecule has 1 aromatic rings. The lowest BCUT2D eigenvalue weighted by molar-refractivity contribution is 0.0696. The first-order chi connectivity index (χ1) is 8.79. The van der Waals surface area contributed by atoms with E-state index in [0.29, 0.717) is 11.6 Å². The summed E-state index contributed by atoms with van der Waals surface area (Å²) in [5.74, 6) is 0.187. The van der Waals surface area contributed by atoms with Crippen LogP contribution in [0.1, 0.15) is 42.7 Å². The highest BCUT2D eigenvalue weighted by Gasteiger charge is 2.12. The molecule has 0 aliphatic heterocycles. The number of nitrogens with one attached hydrogen (secondary N) is 1. The first-order valence-electron chi connectivity index (χ1n) is 6.11. The molecule has 0 saturated heterocycles. The molecule has 0 bridgehead atoms. The van der Waals surface area contributed by atoms with Crippen LogP contribution in [0.3, 0.4) is 0 Å². The molecular formula is C13H20N2O3S. The van der Waals surface area contributed by atoms with Gasteiger partial charge in [-0.25, -0.2) is 9.78 Å². The van der Waals surface area contributed by atoms with E-state index in [-0.39, 0.29) is 17.5 Å². The van der Waals surface area contributed by atoms with Gasteiger partial charge in [0.1, 0.15) is 5.82 Å². The van der Waals surface area contributed by atoms with Crippen molar-refractivity contribution in [1.29, 1.82) is 0 Å². The third-order valence-corrected chi connectivity index (χ3v) is 3.53. The number of pyridine rings is 1. The van der Waals surface area contributed by atoms with Gasteiger partial charge in [-0.15, -0.1) is 0 Å². The molecule has 0 saturated carbocycles. The van der Waals surface area contributed by atoms with E-state index in [4.69, 9.17) is 5.11 Å². The third-order valence-electron chi connectivity index (χ3n) is 2.56. The zero-order valence-electron chi connectivity index (χ0n) is 11.6. The van der Waals surface area contributed by atoms with Crippen LogP contribution in [-0.2, 0) is 10.8 Å². The minimum Gasteiger partial charge on any atom is -0.478 e. The molecule has 2 atom stereocenters. The molecule has 0 aliphatic rings. The van der Waals surface area contributed by atoms with Gasteiger partial charge < -0.3 is 10.4 Å². The first-order valence-corrected chi connectivity index (χ1v) is 7.84. The van der Waals surface area contributed by atoms with Crippen LogP contribution >= 0.6 is 0 Å². The van der Waals surface area contributed by atoms with E-state index in [1.165, 1.54) is 6.07 Å². The number of carboxylic acids is 1. The molecule has 2 unspecified atom stereocenters. The molecule has 6 heteroatoms. The molecule has 0 aliphatic carbocycles. The lowest BCUT2D eigenvalue weighted by Gasteiger charge is -2.15. The van der Waals surface area contributed by atoms with Gasteiger partial charge in [0, 0.05) is 34.5 Å². The van der Waals surface area contributed by atoms with Crippen molar-refractivity contribution in [2.75, 3.05) is 17.3 Å². The van der Waals surface area contributed by atoms with Gasteiger partial charge in [0.2, 0.25) is 0 Å². The molecule has 0 radical (unpaired) electrons. The maximum absolute atomic E-state index is 11.2. The summed E-state index contributed by atoms with van der Waals surface area (Å²) >= 11 is 0. The summed E-state index contributed by atoms with van der Waals surface area (Å²) in [5, 5.41) is 12.2. The Hall–Kier alpha value is -1.43. The van der Waals surface area contributed by atoms with E-state index in [0.717, 1.165) is 5.69 Å². The van der Waals surface area contributed by atoms with E-state index in [1.54, 1.807) is 12.3 Å². The second-order valence-corrected chi connectivity index (χ2v) is 6.39. The molecule has 0 amide bonds. The highest BCUT2D eigenvalue weighted by atomic mass is 32.2. The van der Waals surface area contributed by atoms with Crippen LogP contribution in [0.5, 0.6) is 0 Å². The topological polar surface area (TPSA) is 79.3 Å². The zero-order valence-corrected chi connectivity index (χ0v) is 12.5. The number of anilines is 1. The summed E-state index contributed by atoms with van der Waals surface area (Å²) in [5.41, 5.74) is 0.943. The van der Waals surface area contributed by atoms with Crippen LogP contribution in [0.15, 0.2) is 12.1 Å². The van der Waals surface area contributed by atoms with Gasteiger partial charge >= 0.3 is 5.97 Å². The van der Waals surface area contributed by atoms with Crippen molar-refractivity contribution >= 4 is 22.6 Å². The van der Waals surface area contributed by atoms with Crippen molar-refractivity contribution in [2.24, 2.45) is 0 Å². The van der Waals surface area contributed by atoms with Gasteiger partial charge in [-0.2, -0.15) is 0 Å². The summed E-state index contributed by atoms with van der Waals surface area (Å²) in [6.07, 6.45) is 1.64. The van der Waals surface area contributed by atoms with E-state index < -0.39 is 16.8 Å². The van der Waals surface area contributed by atoms with Crippen LogP contribution in [0.4, 0.5) is 5.82 Å². The number of aromatic nitrogens is 1. The van der Waals surface area contributed by atoms with Gasteiger partial charge in [-0.05, 0) is 25.0 Å². The van der Waals surface area contributed by atoms with Gasteiger partial charge in [0.05, 0.1) is 5.56 Å². The summed E-state index contributed by atoms with van der Waals surface area (Å²) in [4.78, 5) is 15.5. The van der Waals surface area contributed by atoms with E-state index in [9.17, 15) is 9.00 Å². The van der Waals surface area contributed by atoms with Gasteiger partial charge in [-0.3, -0.25) is 4.21 Å². The van der Waals surface area contributed by atoms with Crippen LogP contribution < -0.4 is 5.32 Å². The normalized spacial score (nSPS) is 14.2. The molecule has 0 aromatic carbocycles. The Morgan fingerprint density at radius 3 is 2.53 bits per heavy atom. The number of nitrogens with zero attached hydrogens (tertiary/aromatic N) is 1. The summed E-state index contributed by atoms with van der Waals surface area (Å²) in [6.45, 7) is 5.82. The average molecular weight is 284 g/mol. The molecule has 1 rings (SSSR count). The monoisotopic (exact) mass is 284 g/mol. The highest BCUT2D eigenvalue weighted by molar-refractivity contribution is 7.84. The molecule has 2 N–H and O–H groups in total.